The van der Waals surface area contributed by atoms with E-state index in [0.29, 0.717) is 26.4 Å². The first kappa shape index (κ1) is 10.4. The Morgan fingerprint density at radius 3 is 2.00 bits per heavy atom. The van der Waals surface area contributed by atoms with E-state index in [1.807, 2.05) is 0 Å². The van der Waals surface area contributed by atoms with Gasteiger partial charge in [-0.2, -0.15) is 0 Å². The van der Waals surface area contributed by atoms with Gasteiger partial charge in [-0.15, -0.1) is 0 Å². The molecule has 0 spiro atoms. The molecule has 0 rings (SSSR count). The van der Waals surface area contributed by atoms with Crippen molar-refractivity contribution in [3.05, 3.63) is 0 Å². The predicted molar refractivity (Wildman–Crippen MR) is 22.7 cm³/mol. The van der Waals surface area contributed by atoms with E-state index in [2.05, 4.69) is 6.92 Å². The van der Waals surface area contributed by atoms with Crippen LogP contribution in [0, 0.1) is 0 Å². The van der Waals surface area contributed by atoms with Gasteiger partial charge in [-0.05, 0) is 6.42 Å². The van der Waals surface area contributed by atoms with E-state index in [1.54, 1.807) is 0 Å². The molecule has 2 nitrogen and oxygen atoms in total. The van der Waals surface area contributed by atoms with E-state index in [-0.39, 0.29) is 0 Å². The van der Waals surface area contributed by atoms with E-state index in [1.165, 1.54) is 0 Å². The Labute approximate surface area is 55.1 Å². The summed E-state index contributed by atoms with van der Waals surface area (Å²) in [5.74, 6) is 0. The number of unbranched alkanes of at least 4 members (excludes halogenated alkanes) is 1. The minimum atomic E-state index is 0.344. The summed E-state index contributed by atoms with van der Waals surface area (Å²) in [5, 5.41) is 8.07. The van der Waals surface area contributed by atoms with E-state index < -0.39 is 0 Å². The molecule has 0 radical (unpaired) electrons. The van der Waals surface area contributed by atoms with Crippen molar-refractivity contribution in [3.8, 4) is 0 Å². The van der Waals surface area contributed by atoms with Crippen LogP contribution >= 0.6 is 0 Å². The van der Waals surface area contributed by atoms with Crippen LogP contribution in [0.1, 0.15) is 19.8 Å². The van der Waals surface area contributed by atoms with Crippen molar-refractivity contribution >= 4 is 0 Å². The van der Waals surface area contributed by atoms with Crippen molar-refractivity contribution in [1.82, 2.24) is 0 Å². The van der Waals surface area contributed by atoms with Gasteiger partial charge in [-0.1, -0.05) is 13.3 Å². The molecule has 0 aromatic rings. The van der Waals surface area contributed by atoms with Crippen molar-refractivity contribution in [2.75, 3.05) is 6.61 Å². The second-order valence-corrected chi connectivity index (χ2v) is 1.08. The normalized spacial score (nSPS) is 6.57. The Bertz CT molecular complexity index is 23.7. The van der Waals surface area contributed by atoms with Crippen LogP contribution in [-0.4, -0.2) is 11.7 Å². The molecule has 0 heterocycles. The van der Waals surface area contributed by atoms with Crippen LogP contribution in [0.5, 0.6) is 0 Å². The van der Waals surface area contributed by atoms with Crippen LogP contribution in [0.25, 0.3) is 0 Å². The molecule has 0 aromatic heterocycles. The Morgan fingerprint density at radius 1 is 1.57 bits per heavy atom. The molecular weight excluding hydrogens is 176 g/mol. The third kappa shape index (κ3) is 21.3. The van der Waals surface area contributed by atoms with Gasteiger partial charge in [0, 0.05) is 6.61 Å². The minimum absolute atomic E-state index is 0.344. The van der Waals surface area contributed by atoms with Gasteiger partial charge >= 0.3 is 23.2 Å². The Kier molecular flexibility index (Phi) is 24.0. The molecule has 0 amide bonds. The molecule has 0 bridgehead atoms. The van der Waals surface area contributed by atoms with Gasteiger partial charge < -0.3 is 5.11 Å². The Morgan fingerprint density at radius 2 is 2.00 bits per heavy atom. The molecule has 0 unspecified atom stereocenters. The zero-order chi connectivity index (χ0) is 6.12. The van der Waals surface area contributed by atoms with Gasteiger partial charge in [0.05, 0.1) is 0 Å². The average molecular weight is 186 g/mol. The summed E-state index contributed by atoms with van der Waals surface area (Å²) in [5.41, 5.74) is 0. The number of rotatable bonds is 2. The third-order valence-corrected chi connectivity index (χ3v) is 0.512. The maximum atomic E-state index is 8.26. The summed E-state index contributed by atoms with van der Waals surface area (Å²) < 4.78 is 8.26. The summed E-state index contributed by atoms with van der Waals surface area (Å²) in [7, 11) is 0. The molecule has 0 aliphatic rings. The van der Waals surface area contributed by atoms with Gasteiger partial charge in [-0.3, -0.25) is 0 Å². The number of hydrogen-bond acceptors (Lipinski definition) is 2. The molecule has 0 aliphatic carbocycles. The molecule has 1 N–H and O–H groups in total. The van der Waals surface area contributed by atoms with Crippen molar-refractivity contribution in [2.24, 2.45) is 0 Å². The van der Waals surface area contributed by atoms with E-state index in [0.717, 1.165) is 12.8 Å². The van der Waals surface area contributed by atoms with Crippen molar-refractivity contribution in [1.29, 1.82) is 0 Å². The van der Waals surface area contributed by atoms with Crippen LogP contribution in [0.3, 0.4) is 0 Å². The molecule has 0 saturated carbocycles. The van der Waals surface area contributed by atoms with Gasteiger partial charge in [0.25, 0.3) is 0 Å². The fraction of sp³-hybridized carbons (Fsp3) is 1.00. The van der Waals surface area contributed by atoms with Gasteiger partial charge in [0.1, 0.15) is 0 Å². The summed E-state index contributed by atoms with van der Waals surface area (Å²) in [6.07, 6.45) is 2.04. The monoisotopic (exact) mass is 188 g/mol. The molecule has 44 valence electrons. The molecular formula is C4H10MoO2. The first-order valence-corrected chi connectivity index (χ1v) is 3.01. The van der Waals surface area contributed by atoms with Crippen LogP contribution in [0.2, 0.25) is 0 Å². The molecule has 0 aromatic carbocycles. The maximum absolute atomic E-state index is 8.26. The summed E-state index contributed by atoms with van der Waals surface area (Å²) >= 11 is 0.700. The molecule has 0 atom stereocenters. The fourth-order valence-electron chi connectivity index (χ4n) is 0.158. The SMILES string of the molecule is CCCCO.[O]=[Mo]. The second-order valence-electron chi connectivity index (χ2n) is 1.08. The fourth-order valence-corrected chi connectivity index (χ4v) is 0.158. The van der Waals surface area contributed by atoms with Crippen LogP contribution in [0.15, 0.2) is 0 Å². The predicted octanol–water partition coefficient (Wildman–Crippen LogP) is 0.657. The first-order valence-electron chi connectivity index (χ1n) is 2.19. The summed E-state index contributed by atoms with van der Waals surface area (Å²) in [4.78, 5) is 0. The zero-order valence-corrected chi connectivity index (χ0v) is 6.39. The Balaban J connectivity index is 0. The number of aliphatic hydroxyl groups excluding tert-OH is 1. The van der Waals surface area contributed by atoms with Crippen molar-refractivity contribution in [2.45, 2.75) is 19.8 Å². The van der Waals surface area contributed by atoms with E-state index in [9.17, 15) is 0 Å². The van der Waals surface area contributed by atoms with Crippen LogP contribution in [0.4, 0.5) is 0 Å². The van der Waals surface area contributed by atoms with Crippen LogP contribution in [-0.2, 0) is 23.2 Å². The summed E-state index contributed by atoms with van der Waals surface area (Å²) in [6.45, 7) is 2.40. The van der Waals surface area contributed by atoms with E-state index in [4.69, 9.17) is 8.50 Å². The molecule has 7 heavy (non-hydrogen) atoms. The first-order chi connectivity index (χ1) is 3.41. The number of aliphatic hydroxyl groups is 1. The van der Waals surface area contributed by atoms with Gasteiger partial charge in [0.15, 0.2) is 0 Å². The molecule has 0 saturated heterocycles. The standard InChI is InChI=1S/C4H10O.Mo.O/c1-2-3-4-5;;/h5H,2-4H2,1H3;;. The third-order valence-electron chi connectivity index (χ3n) is 0.512. The zero-order valence-electron chi connectivity index (χ0n) is 4.39. The average Bonchev–Trinajstić information content (AvgIpc) is 1.75. The number of hydrogen-bond donors (Lipinski definition) is 1. The van der Waals surface area contributed by atoms with Crippen LogP contribution < -0.4 is 0 Å². The van der Waals surface area contributed by atoms with E-state index >= 15 is 0 Å². The van der Waals surface area contributed by atoms with Gasteiger partial charge in [0.2, 0.25) is 0 Å². The topological polar surface area (TPSA) is 37.3 Å². The molecule has 0 fully saturated rings. The quantitative estimate of drug-likeness (QED) is 0.643. The Hall–Kier alpha value is 0.448. The van der Waals surface area contributed by atoms with Crippen molar-refractivity contribution in [3.63, 3.8) is 0 Å². The molecule has 3 heteroatoms. The van der Waals surface area contributed by atoms with Crippen molar-refractivity contribution < 1.29 is 28.3 Å². The molecule has 0 aliphatic heterocycles. The second kappa shape index (κ2) is 16.1. The summed E-state index contributed by atoms with van der Waals surface area (Å²) in [6, 6.07) is 0. The van der Waals surface area contributed by atoms with Gasteiger partial charge in [-0.25, -0.2) is 0 Å².